The van der Waals surface area contributed by atoms with Crippen LogP contribution in [-0.2, 0) is 22.5 Å². The molecule has 0 saturated carbocycles. The molecule has 0 spiro atoms. The number of methoxy groups -OCH3 is 1. The van der Waals surface area contributed by atoms with Crippen molar-refractivity contribution in [3.05, 3.63) is 53.9 Å². The van der Waals surface area contributed by atoms with Gasteiger partial charge in [-0.3, -0.25) is 4.79 Å². The molecular formula is C19H24FN3O2. The lowest BCUT2D eigenvalue weighted by Gasteiger charge is -2.32. The lowest BCUT2D eigenvalue weighted by atomic mass is 9.95. The van der Waals surface area contributed by atoms with Gasteiger partial charge in [-0.05, 0) is 24.5 Å². The van der Waals surface area contributed by atoms with E-state index in [-0.39, 0.29) is 18.1 Å². The number of nitrogens with zero attached hydrogens (tertiary/aromatic N) is 3. The van der Waals surface area contributed by atoms with Gasteiger partial charge in [0, 0.05) is 45.1 Å². The van der Waals surface area contributed by atoms with Gasteiger partial charge >= 0.3 is 0 Å². The van der Waals surface area contributed by atoms with Crippen molar-refractivity contribution in [2.75, 3.05) is 26.8 Å². The van der Waals surface area contributed by atoms with Gasteiger partial charge in [-0.25, -0.2) is 9.37 Å². The molecule has 0 atom stereocenters. The number of hydrogen-bond donors (Lipinski definition) is 0. The van der Waals surface area contributed by atoms with Crippen LogP contribution in [0.3, 0.4) is 0 Å². The molecule has 1 aliphatic rings. The Hall–Kier alpha value is -2.21. The first kappa shape index (κ1) is 17.6. The number of benzene rings is 1. The Morgan fingerprint density at radius 2 is 2.08 bits per heavy atom. The van der Waals surface area contributed by atoms with Gasteiger partial charge in [0.05, 0.1) is 13.0 Å². The number of rotatable bonds is 6. The summed E-state index contributed by atoms with van der Waals surface area (Å²) < 4.78 is 21.0. The largest absolute Gasteiger partial charge is 0.383 e. The number of carbonyl (C=O) groups excluding carboxylic acids is 1. The maximum absolute atomic E-state index is 13.7. The molecule has 1 aromatic heterocycles. The van der Waals surface area contributed by atoms with E-state index in [0.717, 1.165) is 25.2 Å². The standard InChI is InChI=1S/C19H24FN3O2/c1-25-13-12-23-11-8-21-19(23)15-6-9-22(10-7-15)18(24)14-16-4-2-3-5-17(16)20/h2-5,8,11,15H,6-7,9-10,12-14H2,1H3. The van der Waals surface area contributed by atoms with Gasteiger partial charge in [0.15, 0.2) is 0 Å². The quantitative estimate of drug-likeness (QED) is 0.809. The molecule has 2 heterocycles. The molecule has 25 heavy (non-hydrogen) atoms. The van der Waals surface area contributed by atoms with Crippen LogP contribution in [0, 0.1) is 5.82 Å². The minimum absolute atomic E-state index is 0.00808. The monoisotopic (exact) mass is 345 g/mol. The maximum Gasteiger partial charge on any atom is 0.227 e. The van der Waals surface area contributed by atoms with Crippen molar-refractivity contribution in [3.63, 3.8) is 0 Å². The van der Waals surface area contributed by atoms with Crippen molar-refractivity contribution in [2.24, 2.45) is 0 Å². The maximum atomic E-state index is 13.7. The summed E-state index contributed by atoms with van der Waals surface area (Å²) >= 11 is 0. The lowest BCUT2D eigenvalue weighted by molar-refractivity contribution is -0.131. The van der Waals surface area contributed by atoms with E-state index in [1.54, 1.807) is 25.3 Å². The van der Waals surface area contributed by atoms with Crippen molar-refractivity contribution >= 4 is 5.91 Å². The fourth-order valence-electron chi connectivity index (χ4n) is 3.36. The molecule has 1 fully saturated rings. The van der Waals surface area contributed by atoms with E-state index in [2.05, 4.69) is 9.55 Å². The van der Waals surface area contributed by atoms with Crippen molar-refractivity contribution < 1.29 is 13.9 Å². The first-order valence-electron chi connectivity index (χ1n) is 8.70. The second-order valence-electron chi connectivity index (χ2n) is 6.39. The van der Waals surface area contributed by atoms with Crippen LogP contribution in [0.1, 0.15) is 30.1 Å². The van der Waals surface area contributed by atoms with Crippen molar-refractivity contribution in [3.8, 4) is 0 Å². The summed E-state index contributed by atoms with van der Waals surface area (Å²) in [5.41, 5.74) is 0.463. The number of halogens is 1. The van der Waals surface area contributed by atoms with Gasteiger partial charge in [-0.15, -0.1) is 0 Å². The molecule has 0 aliphatic carbocycles. The molecule has 1 aliphatic heterocycles. The third-order valence-electron chi connectivity index (χ3n) is 4.80. The molecule has 134 valence electrons. The van der Waals surface area contributed by atoms with Gasteiger partial charge in [0.1, 0.15) is 11.6 Å². The van der Waals surface area contributed by atoms with Gasteiger partial charge in [0.2, 0.25) is 5.91 Å². The van der Waals surface area contributed by atoms with Crippen LogP contribution in [-0.4, -0.2) is 47.2 Å². The van der Waals surface area contributed by atoms with Crippen LogP contribution >= 0.6 is 0 Å². The topological polar surface area (TPSA) is 47.4 Å². The molecule has 0 radical (unpaired) electrons. The normalized spacial score (nSPS) is 15.5. The van der Waals surface area contributed by atoms with Crippen molar-refractivity contribution in [1.82, 2.24) is 14.5 Å². The third-order valence-corrected chi connectivity index (χ3v) is 4.80. The van der Waals surface area contributed by atoms with E-state index >= 15 is 0 Å². The molecule has 6 heteroatoms. The molecule has 1 saturated heterocycles. The van der Waals surface area contributed by atoms with E-state index in [4.69, 9.17) is 4.74 Å². The highest BCUT2D eigenvalue weighted by Crippen LogP contribution is 2.27. The van der Waals surface area contributed by atoms with Crippen LogP contribution in [0.2, 0.25) is 0 Å². The predicted octanol–water partition coefficient (Wildman–Crippen LogP) is 2.62. The number of hydrogen-bond acceptors (Lipinski definition) is 3. The van der Waals surface area contributed by atoms with Crippen LogP contribution in [0.5, 0.6) is 0 Å². The Kier molecular flexibility index (Phi) is 5.81. The SMILES string of the molecule is COCCn1ccnc1C1CCN(C(=O)Cc2ccccc2F)CC1. The summed E-state index contributed by atoms with van der Waals surface area (Å²) in [5.74, 6) is 1.10. The van der Waals surface area contributed by atoms with E-state index in [1.807, 2.05) is 17.3 Å². The van der Waals surface area contributed by atoms with Crippen LogP contribution in [0.15, 0.2) is 36.7 Å². The Balaban J connectivity index is 1.56. The molecular weight excluding hydrogens is 321 g/mol. The second kappa shape index (κ2) is 8.25. The molecule has 1 aromatic carbocycles. The van der Waals surface area contributed by atoms with Gasteiger partial charge in [-0.2, -0.15) is 0 Å². The fourth-order valence-corrected chi connectivity index (χ4v) is 3.36. The zero-order chi connectivity index (χ0) is 17.6. The van der Waals surface area contributed by atoms with E-state index in [1.165, 1.54) is 6.07 Å². The number of imidazole rings is 1. The molecule has 3 rings (SSSR count). The number of carbonyl (C=O) groups is 1. The summed E-state index contributed by atoms with van der Waals surface area (Å²) in [5, 5.41) is 0. The summed E-state index contributed by atoms with van der Waals surface area (Å²) in [7, 11) is 1.69. The summed E-state index contributed by atoms with van der Waals surface area (Å²) in [6.07, 6.45) is 5.69. The Labute approximate surface area is 147 Å². The highest BCUT2D eigenvalue weighted by molar-refractivity contribution is 5.78. The number of piperidine rings is 1. The molecule has 0 N–H and O–H groups in total. The third kappa shape index (κ3) is 4.25. The highest BCUT2D eigenvalue weighted by Gasteiger charge is 2.26. The van der Waals surface area contributed by atoms with Gasteiger partial charge in [0.25, 0.3) is 0 Å². The van der Waals surface area contributed by atoms with E-state index < -0.39 is 0 Å². The summed E-state index contributed by atoms with van der Waals surface area (Å²) in [4.78, 5) is 18.8. The number of amides is 1. The summed E-state index contributed by atoms with van der Waals surface area (Å²) in [6, 6.07) is 6.47. The zero-order valence-corrected chi connectivity index (χ0v) is 14.5. The average molecular weight is 345 g/mol. The Bertz CT molecular complexity index is 708. The number of likely N-dealkylation sites (tertiary alicyclic amines) is 1. The zero-order valence-electron chi connectivity index (χ0n) is 14.5. The van der Waals surface area contributed by atoms with Crippen molar-refractivity contribution in [2.45, 2.75) is 31.7 Å². The number of aromatic nitrogens is 2. The van der Waals surface area contributed by atoms with Gasteiger partial charge < -0.3 is 14.2 Å². The number of ether oxygens (including phenoxy) is 1. The average Bonchev–Trinajstić information content (AvgIpc) is 3.10. The minimum Gasteiger partial charge on any atom is -0.383 e. The molecule has 0 unspecified atom stereocenters. The van der Waals surface area contributed by atoms with Crippen LogP contribution < -0.4 is 0 Å². The Morgan fingerprint density at radius 3 is 2.80 bits per heavy atom. The van der Waals surface area contributed by atoms with Crippen LogP contribution in [0.4, 0.5) is 4.39 Å². The second-order valence-corrected chi connectivity index (χ2v) is 6.39. The molecule has 2 aromatic rings. The first-order chi connectivity index (χ1) is 12.2. The summed E-state index contributed by atoms with van der Waals surface area (Å²) in [6.45, 7) is 2.83. The fraction of sp³-hybridized carbons (Fsp3) is 0.474. The molecule has 0 bridgehead atoms. The van der Waals surface area contributed by atoms with Crippen molar-refractivity contribution in [1.29, 1.82) is 0 Å². The van der Waals surface area contributed by atoms with E-state index in [0.29, 0.717) is 31.2 Å². The first-order valence-corrected chi connectivity index (χ1v) is 8.70. The molecule has 5 nitrogen and oxygen atoms in total. The highest BCUT2D eigenvalue weighted by atomic mass is 19.1. The van der Waals surface area contributed by atoms with E-state index in [9.17, 15) is 9.18 Å². The predicted molar refractivity (Wildman–Crippen MR) is 92.8 cm³/mol. The van der Waals surface area contributed by atoms with Gasteiger partial charge in [-0.1, -0.05) is 18.2 Å². The lowest BCUT2D eigenvalue weighted by Crippen LogP contribution is -2.39. The van der Waals surface area contributed by atoms with Crippen LogP contribution in [0.25, 0.3) is 0 Å². The molecule has 1 amide bonds. The minimum atomic E-state index is -0.314. The Morgan fingerprint density at radius 1 is 1.32 bits per heavy atom. The smallest absolute Gasteiger partial charge is 0.227 e.